The number of aromatic nitrogens is 1. The van der Waals surface area contributed by atoms with E-state index in [4.69, 9.17) is 0 Å². The van der Waals surface area contributed by atoms with Crippen LogP contribution in [0.4, 0.5) is 11.4 Å². The lowest BCUT2D eigenvalue weighted by Gasteiger charge is -2.30. The van der Waals surface area contributed by atoms with Gasteiger partial charge in [-0.2, -0.15) is 0 Å². The van der Waals surface area contributed by atoms with Gasteiger partial charge in [0.25, 0.3) is 0 Å². The zero-order valence-corrected chi connectivity index (χ0v) is 39.1. The predicted octanol–water partition coefficient (Wildman–Crippen LogP) is 18.2. The summed E-state index contributed by atoms with van der Waals surface area (Å²) in [6.45, 7) is 0. The molecule has 0 saturated heterocycles. The highest BCUT2D eigenvalue weighted by molar-refractivity contribution is 6.13. The number of rotatable bonds is 8. The van der Waals surface area contributed by atoms with Crippen LogP contribution in [0.5, 0.6) is 0 Å². The molecule has 0 saturated carbocycles. The summed E-state index contributed by atoms with van der Waals surface area (Å²) < 4.78 is 2.53. The third kappa shape index (κ3) is 6.63. The van der Waals surface area contributed by atoms with Gasteiger partial charge in [-0.05, 0) is 109 Å². The normalized spacial score (nSPS) is 15.7. The molecular formula is C69H48N2. The van der Waals surface area contributed by atoms with Gasteiger partial charge in [0.05, 0.1) is 28.5 Å². The maximum Gasteiger partial charge on any atom is 0.0673 e. The monoisotopic (exact) mass is 904 g/mol. The van der Waals surface area contributed by atoms with Crippen molar-refractivity contribution in [2.75, 3.05) is 4.90 Å². The highest BCUT2D eigenvalue weighted by Gasteiger charge is 2.51. The quantitative estimate of drug-likeness (QED) is 0.147. The van der Waals surface area contributed by atoms with E-state index in [1.165, 1.54) is 111 Å². The number of anilines is 2. The summed E-state index contributed by atoms with van der Waals surface area (Å²) in [4.78, 5) is 2.67. The van der Waals surface area contributed by atoms with Gasteiger partial charge in [0.15, 0.2) is 0 Å². The van der Waals surface area contributed by atoms with E-state index in [9.17, 15) is 0 Å². The molecule has 71 heavy (non-hydrogen) atoms. The van der Waals surface area contributed by atoms with Crippen molar-refractivity contribution in [2.45, 2.75) is 17.9 Å². The van der Waals surface area contributed by atoms with Crippen LogP contribution in [0.2, 0.25) is 0 Å². The van der Waals surface area contributed by atoms with Crippen molar-refractivity contribution in [1.82, 2.24) is 4.57 Å². The summed E-state index contributed by atoms with van der Waals surface area (Å²) in [6.07, 6.45) is 0. The Morgan fingerprint density at radius 3 is 1.31 bits per heavy atom. The third-order valence-corrected chi connectivity index (χ3v) is 15.3. The molecule has 11 aromatic carbocycles. The van der Waals surface area contributed by atoms with E-state index < -0.39 is 0 Å². The molecule has 3 atom stereocenters. The van der Waals surface area contributed by atoms with Gasteiger partial charge in [0.1, 0.15) is 0 Å². The fraction of sp³-hybridized carbons (Fsp3) is 0.0435. The van der Waals surface area contributed by atoms with Crippen molar-refractivity contribution in [3.63, 3.8) is 0 Å². The first kappa shape index (κ1) is 41.0. The van der Waals surface area contributed by atoms with Crippen molar-refractivity contribution in [1.29, 1.82) is 0 Å². The Balaban J connectivity index is 1.01. The number of hydrogen-bond acceptors (Lipinski definition) is 1. The summed E-state index contributed by atoms with van der Waals surface area (Å²) in [5.74, 6) is 0.440. The van der Waals surface area contributed by atoms with Crippen LogP contribution in [0.25, 0.3) is 83.1 Å². The number of benzene rings is 11. The second-order valence-electron chi connectivity index (χ2n) is 19.1. The molecule has 12 aromatic rings. The fourth-order valence-electron chi connectivity index (χ4n) is 12.4. The van der Waals surface area contributed by atoms with Gasteiger partial charge in [-0.25, -0.2) is 0 Å². The minimum Gasteiger partial charge on any atom is -0.332 e. The van der Waals surface area contributed by atoms with Crippen LogP contribution in [0, 0.1) is 0 Å². The maximum atomic E-state index is 2.67. The molecule has 0 spiro atoms. The van der Waals surface area contributed by atoms with Crippen LogP contribution < -0.4 is 4.90 Å². The Morgan fingerprint density at radius 2 is 0.732 bits per heavy atom. The summed E-state index contributed by atoms with van der Waals surface area (Å²) in [7, 11) is 0. The van der Waals surface area contributed by atoms with E-state index in [2.05, 4.69) is 282 Å². The Labute approximate surface area is 415 Å². The van der Waals surface area contributed by atoms with Gasteiger partial charge in [-0.3, -0.25) is 0 Å². The highest BCUT2D eigenvalue weighted by atomic mass is 15.2. The van der Waals surface area contributed by atoms with Crippen molar-refractivity contribution in [2.24, 2.45) is 0 Å². The zero-order valence-electron chi connectivity index (χ0n) is 39.1. The van der Waals surface area contributed by atoms with E-state index in [0.29, 0.717) is 0 Å². The molecule has 334 valence electrons. The lowest BCUT2D eigenvalue weighted by atomic mass is 9.81. The minimum atomic E-state index is 0.129. The average molecular weight is 905 g/mol. The lowest BCUT2D eigenvalue weighted by molar-refractivity contribution is 0.583. The fourth-order valence-corrected chi connectivity index (χ4v) is 12.4. The van der Waals surface area contributed by atoms with Crippen LogP contribution >= 0.6 is 0 Å². The van der Waals surface area contributed by atoms with Crippen molar-refractivity contribution >= 4 is 33.2 Å². The van der Waals surface area contributed by atoms with Gasteiger partial charge in [-0.15, -0.1) is 0 Å². The van der Waals surface area contributed by atoms with Gasteiger partial charge < -0.3 is 9.47 Å². The van der Waals surface area contributed by atoms with Crippen LogP contribution in [0.3, 0.4) is 0 Å². The molecule has 3 unspecified atom stereocenters. The highest BCUT2D eigenvalue weighted by Crippen LogP contribution is 2.66. The van der Waals surface area contributed by atoms with E-state index in [1.807, 2.05) is 0 Å². The summed E-state index contributed by atoms with van der Waals surface area (Å²) >= 11 is 0. The van der Waals surface area contributed by atoms with E-state index >= 15 is 0 Å². The van der Waals surface area contributed by atoms with Crippen molar-refractivity contribution in [3.8, 4) is 61.3 Å². The molecule has 2 heterocycles. The van der Waals surface area contributed by atoms with Gasteiger partial charge in [-0.1, -0.05) is 231 Å². The van der Waals surface area contributed by atoms with Crippen LogP contribution in [0.1, 0.15) is 40.1 Å². The Hall–Kier alpha value is -8.98. The van der Waals surface area contributed by atoms with Crippen molar-refractivity contribution < 1.29 is 0 Å². The lowest BCUT2D eigenvalue weighted by Crippen LogP contribution is -2.20. The molecule has 2 nitrogen and oxygen atoms in total. The second kappa shape index (κ2) is 16.9. The Kier molecular flexibility index (Phi) is 9.77. The summed E-state index contributed by atoms with van der Waals surface area (Å²) in [6, 6.07) is 101. The SMILES string of the molecule is c1ccc(-c2ccccc2-c2ccc3c(c2)c2cc(-c4ccccc4-c4ccccc4)ccc2n3-c2ccccc2-c2cccc3c2N(c2ccccc2)C2c4ccccc4C(c4ccccc4)C32)cc1. The smallest absolute Gasteiger partial charge is 0.0673 e. The standard InChI is InChI=1S/C69H48N2/c1-5-22-46(23-6-1)52-30-13-15-32-54(52)49-40-42-64-61(44-49)62-45-50(55-33-16-14-31-53(55)47-24-7-2-8-25-47)41-43-65(62)71(64)63-39-20-19-34-56(63)58-37-21-38-60-67-66(48-26-9-3-10-27-48)57-35-17-18-36-59(57)69(67)70(68(58)60)51-28-11-4-12-29-51/h1-45,66-67,69H. The van der Waals surface area contributed by atoms with Crippen LogP contribution in [0.15, 0.2) is 273 Å². The zero-order chi connectivity index (χ0) is 46.8. The molecule has 2 heteroatoms. The predicted molar refractivity (Wildman–Crippen MR) is 297 cm³/mol. The molecule has 0 N–H and O–H groups in total. The Bertz CT molecular complexity index is 3810. The topological polar surface area (TPSA) is 8.17 Å². The third-order valence-electron chi connectivity index (χ3n) is 15.3. The summed E-state index contributed by atoms with van der Waals surface area (Å²) in [5.41, 5.74) is 23.7. The van der Waals surface area contributed by atoms with E-state index in [0.717, 1.165) is 5.69 Å². The molecule has 1 aliphatic carbocycles. The number of nitrogens with zero attached hydrogens (tertiary/aromatic N) is 2. The first-order chi connectivity index (χ1) is 35.3. The number of para-hydroxylation sites is 3. The first-order valence-corrected chi connectivity index (χ1v) is 24.9. The molecular weight excluding hydrogens is 857 g/mol. The molecule has 2 aliphatic rings. The molecule has 14 rings (SSSR count). The first-order valence-electron chi connectivity index (χ1n) is 24.9. The number of fused-ring (bicyclic) bond motifs is 8. The molecule has 1 aromatic heterocycles. The molecule has 0 amide bonds. The molecule has 0 fully saturated rings. The minimum absolute atomic E-state index is 0.129. The Morgan fingerprint density at radius 1 is 0.296 bits per heavy atom. The second-order valence-corrected chi connectivity index (χ2v) is 19.1. The summed E-state index contributed by atoms with van der Waals surface area (Å²) in [5, 5.41) is 2.44. The number of hydrogen-bond donors (Lipinski definition) is 0. The van der Waals surface area contributed by atoms with Crippen molar-refractivity contribution in [3.05, 3.63) is 295 Å². The van der Waals surface area contributed by atoms with E-state index in [1.54, 1.807) is 0 Å². The largest absolute Gasteiger partial charge is 0.332 e. The van der Waals surface area contributed by atoms with E-state index in [-0.39, 0.29) is 17.9 Å². The maximum absolute atomic E-state index is 2.67. The average Bonchev–Trinajstić information content (AvgIpc) is 4.10. The van der Waals surface area contributed by atoms with Gasteiger partial charge in [0, 0.05) is 39.4 Å². The van der Waals surface area contributed by atoms with Crippen LogP contribution in [-0.4, -0.2) is 4.57 Å². The molecule has 0 bridgehead atoms. The molecule has 0 radical (unpaired) electrons. The van der Waals surface area contributed by atoms with Crippen LogP contribution in [-0.2, 0) is 0 Å². The van der Waals surface area contributed by atoms with Gasteiger partial charge in [0.2, 0.25) is 0 Å². The molecule has 1 aliphatic heterocycles. The van der Waals surface area contributed by atoms with Gasteiger partial charge >= 0.3 is 0 Å².